The van der Waals surface area contributed by atoms with Crippen molar-refractivity contribution >= 4 is 5.91 Å². The number of hydrogen-bond acceptors (Lipinski definition) is 3. The van der Waals surface area contributed by atoms with Crippen LogP contribution < -0.4 is 0 Å². The third kappa shape index (κ3) is 3.64. The molecule has 2 aromatic rings. The number of amides is 1. The SMILES string of the molecule is Cc1cnn(C(C)C(=O)N2CCN(Cc3ccccc3F)CC2)c1. The molecule has 1 atom stereocenters. The van der Waals surface area contributed by atoms with E-state index in [1.54, 1.807) is 16.9 Å². The molecule has 6 heteroatoms. The van der Waals surface area contributed by atoms with Gasteiger partial charge in [0.2, 0.25) is 5.91 Å². The number of rotatable bonds is 4. The first kappa shape index (κ1) is 16.6. The smallest absolute Gasteiger partial charge is 0.247 e. The predicted molar refractivity (Wildman–Crippen MR) is 89.9 cm³/mol. The fraction of sp³-hybridized carbons (Fsp3) is 0.444. The molecule has 0 radical (unpaired) electrons. The zero-order valence-electron chi connectivity index (χ0n) is 14.2. The molecule has 5 nitrogen and oxygen atoms in total. The van der Waals surface area contributed by atoms with Crippen molar-refractivity contribution in [3.63, 3.8) is 0 Å². The van der Waals surface area contributed by atoms with Crippen LogP contribution >= 0.6 is 0 Å². The molecule has 0 aliphatic carbocycles. The second-order valence-electron chi connectivity index (χ2n) is 6.37. The Morgan fingerprint density at radius 3 is 2.58 bits per heavy atom. The summed E-state index contributed by atoms with van der Waals surface area (Å²) in [6.07, 6.45) is 3.65. The van der Waals surface area contributed by atoms with Gasteiger partial charge in [0.1, 0.15) is 11.9 Å². The summed E-state index contributed by atoms with van der Waals surface area (Å²) in [4.78, 5) is 16.7. The molecule has 1 fully saturated rings. The van der Waals surface area contributed by atoms with Crippen LogP contribution in [0.25, 0.3) is 0 Å². The number of piperazine rings is 1. The zero-order chi connectivity index (χ0) is 17.1. The molecule has 1 aliphatic heterocycles. The van der Waals surface area contributed by atoms with Gasteiger partial charge in [-0.3, -0.25) is 14.4 Å². The van der Waals surface area contributed by atoms with E-state index in [0.29, 0.717) is 25.2 Å². The highest BCUT2D eigenvalue weighted by atomic mass is 19.1. The highest BCUT2D eigenvalue weighted by Crippen LogP contribution is 2.15. The number of benzene rings is 1. The van der Waals surface area contributed by atoms with E-state index >= 15 is 0 Å². The Balaban J connectivity index is 1.55. The third-order valence-corrected chi connectivity index (χ3v) is 4.52. The number of aromatic nitrogens is 2. The molecule has 2 heterocycles. The number of nitrogens with zero attached hydrogens (tertiary/aromatic N) is 4. The summed E-state index contributed by atoms with van der Waals surface area (Å²) in [5, 5.41) is 4.23. The Labute approximate surface area is 141 Å². The molecule has 0 bridgehead atoms. The van der Waals surface area contributed by atoms with Crippen LogP contribution in [-0.2, 0) is 11.3 Å². The number of aryl methyl sites for hydroxylation is 1. The number of halogens is 1. The maximum absolute atomic E-state index is 13.7. The highest BCUT2D eigenvalue weighted by molar-refractivity contribution is 5.80. The first-order valence-electron chi connectivity index (χ1n) is 8.30. The molecule has 1 aliphatic rings. The van der Waals surface area contributed by atoms with E-state index in [9.17, 15) is 9.18 Å². The van der Waals surface area contributed by atoms with Crippen LogP contribution in [0.2, 0.25) is 0 Å². The summed E-state index contributed by atoms with van der Waals surface area (Å²) >= 11 is 0. The first-order valence-corrected chi connectivity index (χ1v) is 8.30. The normalized spacial score (nSPS) is 17.0. The quantitative estimate of drug-likeness (QED) is 0.863. The van der Waals surface area contributed by atoms with E-state index in [-0.39, 0.29) is 17.8 Å². The maximum atomic E-state index is 13.7. The van der Waals surface area contributed by atoms with Crippen LogP contribution in [0, 0.1) is 12.7 Å². The van der Waals surface area contributed by atoms with Gasteiger partial charge in [0, 0.05) is 44.5 Å². The van der Waals surface area contributed by atoms with Gasteiger partial charge in [0.25, 0.3) is 0 Å². The van der Waals surface area contributed by atoms with Crippen LogP contribution in [0.5, 0.6) is 0 Å². The number of carbonyl (C=O) groups is 1. The second-order valence-corrected chi connectivity index (χ2v) is 6.37. The average Bonchev–Trinajstić information content (AvgIpc) is 3.03. The van der Waals surface area contributed by atoms with Crippen LogP contribution in [-0.4, -0.2) is 51.7 Å². The predicted octanol–water partition coefficient (Wildman–Crippen LogP) is 2.24. The fourth-order valence-electron chi connectivity index (χ4n) is 3.02. The van der Waals surface area contributed by atoms with E-state index in [0.717, 1.165) is 18.7 Å². The largest absolute Gasteiger partial charge is 0.338 e. The van der Waals surface area contributed by atoms with Gasteiger partial charge < -0.3 is 4.90 Å². The maximum Gasteiger partial charge on any atom is 0.247 e. The van der Waals surface area contributed by atoms with Gasteiger partial charge in [-0.05, 0) is 25.5 Å². The Kier molecular flexibility index (Phi) is 4.94. The monoisotopic (exact) mass is 330 g/mol. The van der Waals surface area contributed by atoms with Crippen LogP contribution in [0.1, 0.15) is 24.1 Å². The molecule has 24 heavy (non-hydrogen) atoms. The van der Waals surface area contributed by atoms with Crippen LogP contribution in [0.3, 0.4) is 0 Å². The lowest BCUT2D eigenvalue weighted by atomic mass is 10.1. The van der Waals surface area contributed by atoms with Crippen molar-refractivity contribution in [1.82, 2.24) is 19.6 Å². The van der Waals surface area contributed by atoms with Crippen LogP contribution in [0.4, 0.5) is 4.39 Å². The molecule has 0 saturated carbocycles. The Bertz CT molecular complexity index is 707. The lowest BCUT2D eigenvalue weighted by molar-refractivity contribution is -0.136. The zero-order valence-corrected chi connectivity index (χ0v) is 14.2. The van der Waals surface area contributed by atoms with Crippen molar-refractivity contribution in [1.29, 1.82) is 0 Å². The van der Waals surface area contributed by atoms with E-state index in [1.807, 2.05) is 37.1 Å². The summed E-state index contributed by atoms with van der Waals surface area (Å²) in [5.41, 5.74) is 1.75. The van der Waals surface area contributed by atoms with E-state index in [4.69, 9.17) is 0 Å². The van der Waals surface area contributed by atoms with Crippen molar-refractivity contribution < 1.29 is 9.18 Å². The van der Waals surface area contributed by atoms with Gasteiger partial charge in [-0.2, -0.15) is 5.10 Å². The van der Waals surface area contributed by atoms with E-state index in [1.165, 1.54) is 6.07 Å². The molecular formula is C18H23FN4O. The molecule has 1 unspecified atom stereocenters. The summed E-state index contributed by atoms with van der Waals surface area (Å²) in [7, 11) is 0. The molecule has 1 aromatic carbocycles. The molecule has 1 aromatic heterocycles. The molecular weight excluding hydrogens is 307 g/mol. The summed E-state index contributed by atoms with van der Waals surface area (Å²) < 4.78 is 15.5. The van der Waals surface area contributed by atoms with Crippen molar-refractivity contribution in [2.75, 3.05) is 26.2 Å². The Morgan fingerprint density at radius 1 is 1.25 bits per heavy atom. The molecule has 3 rings (SSSR count). The van der Waals surface area contributed by atoms with Gasteiger partial charge in [-0.1, -0.05) is 18.2 Å². The minimum atomic E-state index is -0.295. The van der Waals surface area contributed by atoms with Crippen molar-refractivity contribution in [2.45, 2.75) is 26.4 Å². The molecule has 128 valence electrons. The lowest BCUT2D eigenvalue weighted by Gasteiger charge is -2.36. The average molecular weight is 330 g/mol. The minimum Gasteiger partial charge on any atom is -0.338 e. The molecule has 1 amide bonds. The van der Waals surface area contributed by atoms with Crippen molar-refractivity contribution in [2.24, 2.45) is 0 Å². The van der Waals surface area contributed by atoms with Gasteiger partial charge in [-0.25, -0.2) is 4.39 Å². The highest BCUT2D eigenvalue weighted by Gasteiger charge is 2.26. The van der Waals surface area contributed by atoms with Crippen molar-refractivity contribution in [3.05, 3.63) is 53.6 Å². The standard InChI is InChI=1S/C18H23FN4O/c1-14-11-20-23(12-14)15(2)18(24)22-9-7-21(8-10-22)13-16-5-3-4-6-17(16)19/h3-6,11-12,15H,7-10,13H2,1-2H3. The molecule has 0 N–H and O–H groups in total. The third-order valence-electron chi connectivity index (χ3n) is 4.52. The van der Waals surface area contributed by atoms with E-state index in [2.05, 4.69) is 10.00 Å². The molecule has 1 saturated heterocycles. The number of carbonyl (C=O) groups excluding carboxylic acids is 1. The topological polar surface area (TPSA) is 41.4 Å². The summed E-state index contributed by atoms with van der Waals surface area (Å²) in [6, 6.07) is 6.56. The minimum absolute atomic E-state index is 0.0867. The molecule has 0 spiro atoms. The lowest BCUT2D eigenvalue weighted by Crippen LogP contribution is -2.50. The van der Waals surface area contributed by atoms with Gasteiger partial charge in [0.15, 0.2) is 0 Å². The summed E-state index contributed by atoms with van der Waals surface area (Å²) in [5.74, 6) is -0.0812. The van der Waals surface area contributed by atoms with Gasteiger partial charge in [0.05, 0.1) is 6.20 Å². The summed E-state index contributed by atoms with van der Waals surface area (Å²) in [6.45, 7) is 7.26. The Morgan fingerprint density at radius 2 is 1.96 bits per heavy atom. The van der Waals surface area contributed by atoms with Crippen LogP contribution in [0.15, 0.2) is 36.7 Å². The first-order chi connectivity index (χ1) is 11.5. The second kappa shape index (κ2) is 7.13. The van der Waals surface area contributed by atoms with E-state index < -0.39 is 0 Å². The Hall–Kier alpha value is -2.21. The van der Waals surface area contributed by atoms with Gasteiger partial charge >= 0.3 is 0 Å². The fourth-order valence-corrected chi connectivity index (χ4v) is 3.02. The van der Waals surface area contributed by atoms with Crippen molar-refractivity contribution in [3.8, 4) is 0 Å². The number of hydrogen-bond donors (Lipinski definition) is 0. The van der Waals surface area contributed by atoms with Gasteiger partial charge in [-0.15, -0.1) is 0 Å².